The van der Waals surface area contributed by atoms with Crippen LogP contribution in [-0.2, 0) is 0 Å². The Hall–Kier alpha value is -2.65. The molecule has 0 unspecified atom stereocenters. The van der Waals surface area contributed by atoms with Crippen LogP contribution in [0.5, 0.6) is 0 Å². The highest BCUT2D eigenvalue weighted by atomic mass is 35.5. The first kappa shape index (κ1) is 14.3. The van der Waals surface area contributed by atoms with Crippen LogP contribution >= 0.6 is 11.6 Å². The first-order valence-electron chi connectivity index (χ1n) is 6.88. The summed E-state index contributed by atoms with van der Waals surface area (Å²) < 4.78 is 0. The van der Waals surface area contributed by atoms with E-state index >= 15 is 0 Å². The molecule has 0 radical (unpaired) electrons. The Balaban J connectivity index is 1.97. The fourth-order valence-electron chi connectivity index (χ4n) is 2.08. The molecule has 22 heavy (non-hydrogen) atoms. The Bertz CT molecular complexity index is 729. The summed E-state index contributed by atoms with van der Waals surface area (Å²) in [6.07, 6.45) is 3.51. The van der Waals surface area contributed by atoms with Crippen LogP contribution in [-0.4, -0.2) is 10.7 Å². The van der Waals surface area contributed by atoms with Crippen molar-refractivity contribution in [1.82, 2.24) is 4.98 Å². The molecule has 0 atom stereocenters. The lowest BCUT2D eigenvalue weighted by atomic mass is 10.0. The van der Waals surface area contributed by atoms with Gasteiger partial charge in [-0.25, -0.2) is 0 Å². The van der Waals surface area contributed by atoms with Crippen LogP contribution in [0.25, 0.3) is 0 Å². The number of hydrogen-bond acceptors (Lipinski definition) is 3. The minimum atomic E-state index is 0.672. The van der Waals surface area contributed by atoms with Crippen molar-refractivity contribution in [3.63, 3.8) is 0 Å². The number of halogens is 1. The standard InChI is InChI=1S/C18H14ClN3/c19-16-7-4-8-17(13-16)21-22-18(14-5-2-1-3-6-14)15-9-11-20-12-10-15/h1-13,21H/b22-18+. The second-order valence-electron chi connectivity index (χ2n) is 4.68. The Labute approximate surface area is 134 Å². The second-order valence-corrected chi connectivity index (χ2v) is 5.12. The molecular formula is C18H14ClN3. The number of nitrogens with one attached hydrogen (secondary N) is 1. The van der Waals surface area contributed by atoms with Gasteiger partial charge in [-0.05, 0) is 30.3 Å². The van der Waals surface area contributed by atoms with E-state index in [0.717, 1.165) is 22.5 Å². The molecule has 0 aliphatic carbocycles. The normalized spacial score (nSPS) is 11.2. The molecule has 108 valence electrons. The summed E-state index contributed by atoms with van der Waals surface area (Å²) in [6, 6.07) is 21.4. The van der Waals surface area contributed by atoms with Crippen molar-refractivity contribution >= 4 is 23.0 Å². The lowest BCUT2D eigenvalue weighted by Crippen LogP contribution is -2.06. The van der Waals surface area contributed by atoms with Gasteiger partial charge in [0.15, 0.2) is 0 Å². The van der Waals surface area contributed by atoms with Crippen LogP contribution in [0, 0.1) is 0 Å². The molecule has 1 aromatic heterocycles. The van der Waals surface area contributed by atoms with Crippen LogP contribution < -0.4 is 5.43 Å². The Morgan fingerprint density at radius 3 is 2.32 bits per heavy atom. The molecule has 0 fully saturated rings. The zero-order valence-electron chi connectivity index (χ0n) is 11.8. The summed E-state index contributed by atoms with van der Waals surface area (Å²) >= 11 is 6.00. The average molecular weight is 308 g/mol. The third-order valence-corrected chi connectivity index (χ3v) is 3.36. The molecule has 0 bridgehead atoms. The van der Waals surface area contributed by atoms with E-state index in [1.165, 1.54) is 0 Å². The van der Waals surface area contributed by atoms with E-state index in [1.54, 1.807) is 12.4 Å². The number of anilines is 1. The first-order chi connectivity index (χ1) is 10.8. The average Bonchev–Trinajstić information content (AvgIpc) is 2.57. The zero-order chi connectivity index (χ0) is 15.2. The van der Waals surface area contributed by atoms with Gasteiger partial charge in [0.2, 0.25) is 0 Å². The molecule has 3 nitrogen and oxygen atoms in total. The molecule has 0 aliphatic rings. The Morgan fingerprint density at radius 2 is 1.59 bits per heavy atom. The van der Waals surface area contributed by atoms with Gasteiger partial charge >= 0.3 is 0 Å². The molecule has 0 amide bonds. The molecule has 1 heterocycles. The van der Waals surface area contributed by atoms with Crippen molar-refractivity contribution in [3.8, 4) is 0 Å². The molecule has 3 rings (SSSR count). The lowest BCUT2D eigenvalue weighted by molar-refractivity contribution is 1.29. The SMILES string of the molecule is Clc1cccc(N/N=C(\c2ccccc2)c2ccncc2)c1. The fourth-order valence-corrected chi connectivity index (χ4v) is 2.27. The van der Waals surface area contributed by atoms with Crippen molar-refractivity contribution < 1.29 is 0 Å². The number of pyridine rings is 1. The first-order valence-corrected chi connectivity index (χ1v) is 7.26. The minimum Gasteiger partial charge on any atom is -0.278 e. The molecular weight excluding hydrogens is 294 g/mol. The van der Waals surface area contributed by atoms with Gasteiger partial charge in [-0.1, -0.05) is 48.0 Å². The molecule has 1 N–H and O–H groups in total. The number of rotatable bonds is 4. The predicted octanol–water partition coefficient (Wildman–Crippen LogP) is 4.60. The minimum absolute atomic E-state index is 0.672. The van der Waals surface area contributed by atoms with Gasteiger partial charge in [-0.2, -0.15) is 5.10 Å². The quantitative estimate of drug-likeness (QED) is 0.565. The van der Waals surface area contributed by atoms with Crippen molar-refractivity contribution in [3.05, 3.63) is 95.3 Å². The monoisotopic (exact) mass is 307 g/mol. The van der Waals surface area contributed by atoms with Gasteiger partial charge in [0.05, 0.1) is 11.4 Å². The zero-order valence-corrected chi connectivity index (χ0v) is 12.5. The largest absolute Gasteiger partial charge is 0.278 e. The number of hydrogen-bond donors (Lipinski definition) is 1. The van der Waals surface area contributed by atoms with E-state index in [4.69, 9.17) is 11.6 Å². The molecule has 2 aromatic carbocycles. The van der Waals surface area contributed by atoms with E-state index in [-0.39, 0.29) is 0 Å². The molecule has 4 heteroatoms. The molecule has 0 spiro atoms. The van der Waals surface area contributed by atoms with Gasteiger partial charge < -0.3 is 0 Å². The van der Waals surface area contributed by atoms with Crippen molar-refractivity contribution in [2.75, 3.05) is 5.43 Å². The molecule has 0 saturated heterocycles. The maximum Gasteiger partial charge on any atom is 0.0979 e. The lowest BCUT2D eigenvalue weighted by Gasteiger charge is -2.08. The predicted molar refractivity (Wildman–Crippen MR) is 91.4 cm³/mol. The number of nitrogens with zero attached hydrogens (tertiary/aromatic N) is 2. The van der Waals surface area contributed by atoms with Crippen molar-refractivity contribution in [1.29, 1.82) is 0 Å². The van der Waals surface area contributed by atoms with E-state index in [9.17, 15) is 0 Å². The highest BCUT2D eigenvalue weighted by Crippen LogP contribution is 2.16. The van der Waals surface area contributed by atoms with Crippen LogP contribution in [0.3, 0.4) is 0 Å². The smallest absolute Gasteiger partial charge is 0.0979 e. The number of aromatic nitrogens is 1. The van der Waals surface area contributed by atoms with E-state index in [1.807, 2.05) is 66.7 Å². The maximum absolute atomic E-state index is 6.00. The summed E-state index contributed by atoms with van der Waals surface area (Å²) in [7, 11) is 0. The maximum atomic E-state index is 6.00. The van der Waals surface area contributed by atoms with E-state index in [2.05, 4.69) is 15.5 Å². The summed E-state index contributed by atoms with van der Waals surface area (Å²) in [5.41, 5.74) is 6.79. The van der Waals surface area contributed by atoms with Crippen molar-refractivity contribution in [2.45, 2.75) is 0 Å². The van der Waals surface area contributed by atoms with Gasteiger partial charge in [0.1, 0.15) is 0 Å². The van der Waals surface area contributed by atoms with E-state index in [0.29, 0.717) is 5.02 Å². The van der Waals surface area contributed by atoms with Gasteiger partial charge in [0, 0.05) is 28.5 Å². The van der Waals surface area contributed by atoms with E-state index < -0.39 is 0 Å². The topological polar surface area (TPSA) is 37.3 Å². The van der Waals surface area contributed by atoms with Crippen LogP contribution in [0.4, 0.5) is 5.69 Å². The van der Waals surface area contributed by atoms with Gasteiger partial charge in [-0.15, -0.1) is 0 Å². The Kier molecular flexibility index (Phi) is 4.47. The number of hydrazone groups is 1. The summed E-state index contributed by atoms with van der Waals surface area (Å²) in [6.45, 7) is 0. The fraction of sp³-hybridized carbons (Fsp3) is 0. The third kappa shape index (κ3) is 3.51. The molecule has 3 aromatic rings. The highest BCUT2D eigenvalue weighted by Gasteiger charge is 2.06. The number of benzene rings is 2. The Morgan fingerprint density at radius 1 is 0.864 bits per heavy atom. The summed E-state index contributed by atoms with van der Waals surface area (Å²) in [4.78, 5) is 4.06. The van der Waals surface area contributed by atoms with Crippen LogP contribution in [0.1, 0.15) is 11.1 Å². The summed E-state index contributed by atoms with van der Waals surface area (Å²) in [5, 5.41) is 5.23. The van der Waals surface area contributed by atoms with Crippen LogP contribution in [0.15, 0.2) is 84.2 Å². The van der Waals surface area contributed by atoms with Crippen molar-refractivity contribution in [2.24, 2.45) is 5.10 Å². The molecule has 0 aliphatic heterocycles. The highest BCUT2D eigenvalue weighted by molar-refractivity contribution is 6.30. The molecule has 0 saturated carbocycles. The third-order valence-electron chi connectivity index (χ3n) is 3.12. The second kappa shape index (κ2) is 6.87. The van der Waals surface area contributed by atoms with Crippen LogP contribution in [0.2, 0.25) is 5.02 Å². The van der Waals surface area contributed by atoms with Gasteiger partial charge in [0.25, 0.3) is 0 Å². The summed E-state index contributed by atoms with van der Waals surface area (Å²) in [5.74, 6) is 0. The van der Waals surface area contributed by atoms with Gasteiger partial charge in [-0.3, -0.25) is 10.4 Å².